The quantitative estimate of drug-likeness (QED) is 0.368. The van der Waals surface area contributed by atoms with Gasteiger partial charge >= 0.3 is 0 Å². The van der Waals surface area contributed by atoms with Crippen molar-refractivity contribution >= 4 is 23.9 Å². The lowest BCUT2D eigenvalue weighted by molar-refractivity contribution is 0.215. The molecule has 0 saturated heterocycles. The fourth-order valence-electron chi connectivity index (χ4n) is 2.57. The van der Waals surface area contributed by atoms with Crippen LogP contribution in [0.5, 0.6) is 0 Å². The van der Waals surface area contributed by atoms with Crippen LogP contribution in [0.25, 0.3) is 0 Å². The van der Waals surface area contributed by atoms with Crippen LogP contribution < -0.4 is 0 Å². The lowest BCUT2D eigenvalue weighted by Gasteiger charge is -2.40. The maximum atomic E-state index is 2.58. The Hall–Kier alpha value is 0.620. The summed E-state index contributed by atoms with van der Waals surface area (Å²) in [5.74, 6) is 2.35. The zero-order chi connectivity index (χ0) is 17.6. The molecule has 0 aliphatic rings. The SMILES string of the molecule is CCC(C)N(SCCSN(C(C)CC)C(C)(C)C)C(C)(C)C. The first-order chi connectivity index (χ1) is 9.95. The largest absolute Gasteiger partial charge is 0.243 e. The molecule has 0 bridgehead atoms. The Morgan fingerprint density at radius 3 is 1.14 bits per heavy atom. The van der Waals surface area contributed by atoms with E-state index in [1.807, 2.05) is 23.9 Å². The lowest BCUT2D eigenvalue weighted by atomic mass is 10.1. The van der Waals surface area contributed by atoms with E-state index >= 15 is 0 Å². The van der Waals surface area contributed by atoms with Gasteiger partial charge in [0.1, 0.15) is 0 Å². The van der Waals surface area contributed by atoms with Gasteiger partial charge in [-0.05, 0) is 68.2 Å². The van der Waals surface area contributed by atoms with Gasteiger partial charge in [0.15, 0.2) is 0 Å². The molecule has 4 heteroatoms. The van der Waals surface area contributed by atoms with Crippen LogP contribution in [-0.4, -0.2) is 43.3 Å². The van der Waals surface area contributed by atoms with Crippen molar-refractivity contribution in [2.75, 3.05) is 11.5 Å². The standard InChI is InChI=1S/C18H40N2S2/c1-11-15(3)19(17(5,6)7)21-13-14-22-20(16(4)12-2)18(8,9)10/h15-16H,11-14H2,1-10H3. The van der Waals surface area contributed by atoms with Gasteiger partial charge in [-0.25, -0.2) is 8.61 Å². The highest BCUT2D eigenvalue weighted by Crippen LogP contribution is 2.31. The van der Waals surface area contributed by atoms with E-state index in [1.165, 1.54) is 24.3 Å². The van der Waals surface area contributed by atoms with Crippen LogP contribution in [0.1, 0.15) is 82.1 Å². The Morgan fingerprint density at radius 1 is 0.682 bits per heavy atom. The minimum Gasteiger partial charge on any atom is -0.243 e. The first-order valence-corrected chi connectivity index (χ1v) is 10.7. The normalized spacial score (nSPS) is 16.4. The molecule has 0 rings (SSSR count). The molecule has 0 saturated carbocycles. The van der Waals surface area contributed by atoms with Crippen LogP contribution in [0.15, 0.2) is 0 Å². The van der Waals surface area contributed by atoms with Crippen molar-refractivity contribution in [2.45, 2.75) is 105 Å². The van der Waals surface area contributed by atoms with Crippen LogP contribution in [0.2, 0.25) is 0 Å². The second-order valence-electron chi connectivity index (χ2n) is 8.17. The minimum absolute atomic E-state index is 0.227. The molecule has 0 aliphatic heterocycles. The van der Waals surface area contributed by atoms with Gasteiger partial charge in [0, 0.05) is 34.7 Å². The van der Waals surface area contributed by atoms with Crippen LogP contribution in [-0.2, 0) is 0 Å². The number of rotatable bonds is 9. The summed E-state index contributed by atoms with van der Waals surface area (Å²) in [6.07, 6.45) is 2.41. The summed E-state index contributed by atoms with van der Waals surface area (Å²) in [5, 5.41) is 0. The number of hydrogen-bond acceptors (Lipinski definition) is 4. The van der Waals surface area contributed by atoms with Crippen LogP contribution in [0.4, 0.5) is 0 Å². The predicted octanol–water partition coefficient (Wildman–Crippen LogP) is 6.08. The summed E-state index contributed by atoms with van der Waals surface area (Å²) in [7, 11) is 0. The Morgan fingerprint density at radius 2 is 0.955 bits per heavy atom. The molecule has 134 valence electrons. The van der Waals surface area contributed by atoms with Crippen molar-refractivity contribution < 1.29 is 0 Å². The molecule has 0 spiro atoms. The smallest absolute Gasteiger partial charge is 0.0232 e. The fraction of sp³-hybridized carbons (Fsp3) is 1.00. The van der Waals surface area contributed by atoms with Crippen molar-refractivity contribution in [3.63, 3.8) is 0 Å². The van der Waals surface area contributed by atoms with Crippen molar-refractivity contribution in [1.82, 2.24) is 8.61 Å². The van der Waals surface area contributed by atoms with Gasteiger partial charge in [-0.2, -0.15) is 0 Å². The maximum Gasteiger partial charge on any atom is 0.0232 e. The number of hydrogen-bond donors (Lipinski definition) is 0. The zero-order valence-corrected chi connectivity index (χ0v) is 18.3. The minimum atomic E-state index is 0.227. The first kappa shape index (κ1) is 22.6. The molecule has 0 amide bonds. The van der Waals surface area contributed by atoms with Crippen molar-refractivity contribution in [2.24, 2.45) is 0 Å². The average Bonchev–Trinajstić information content (AvgIpc) is 2.38. The van der Waals surface area contributed by atoms with E-state index in [0.29, 0.717) is 12.1 Å². The van der Waals surface area contributed by atoms with E-state index in [-0.39, 0.29) is 11.1 Å². The molecule has 2 nitrogen and oxygen atoms in total. The molecule has 0 aromatic rings. The molecule has 2 unspecified atom stereocenters. The monoisotopic (exact) mass is 348 g/mol. The van der Waals surface area contributed by atoms with E-state index in [4.69, 9.17) is 0 Å². The molecule has 0 radical (unpaired) electrons. The first-order valence-electron chi connectivity index (χ1n) is 8.79. The molecular weight excluding hydrogens is 308 g/mol. The molecule has 2 atom stereocenters. The second-order valence-corrected chi connectivity index (χ2v) is 10.3. The molecule has 22 heavy (non-hydrogen) atoms. The molecule has 0 heterocycles. The summed E-state index contributed by atoms with van der Waals surface area (Å²) < 4.78 is 5.16. The molecule has 0 fully saturated rings. The zero-order valence-electron chi connectivity index (χ0n) is 16.7. The maximum absolute atomic E-state index is 2.58. The van der Waals surface area contributed by atoms with Gasteiger partial charge in [0.2, 0.25) is 0 Å². The number of nitrogens with zero attached hydrogens (tertiary/aromatic N) is 2. The van der Waals surface area contributed by atoms with Crippen molar-refractivity contribution in [3.8, 4) is 0 Å². The average molecular weight is 349 g/mol. The summed E-state index contributed by atoms with van der Waals surface area (Å²) in [6.45, 7) is 23.2. The Balaban J connectivity index is 4.48. The third-order valence-electron chi connectivity index (χ3n) is 3.85. The Labute approximate surface area is 149 Å². The Kier molecular flexibility index (Phi) is 10.1. The van der Waals surface area contributed by atoms with E-state index in [0.717, 1.165) is 0 Å². The second kappa shape index (κ2) is 9.80. The van der Waals surface area contributed by atoms with Gasteiger partial charge in [-0.15, -0.1) is 0 Å². The molecule has 0 N–H and O–H groups in total. The third kappa shape index (κ3) is 7.94. The van der Waals surface area contributed by atoms with Gasteiger partial charge in [-0.1, -0.05) is 37.7 Å². The van der Waals surface area contributed by atoms with Gasteiger partial charge in [0.05, 0.1) is 0 Å². The van der Waals surface area contributed by atoms with E-state index in [2.05, 4.69) is 77.8 Å². The van der Waals surface area contributed by atoms with Gasteiger partial charge in [-0.3, -0.25) is 0 Å². The highest BCUT2D eigenvalue weighted by molar-refractivity contribution is 8.00. The summed E-state index contributed by atoms with van der Waals surface area (Å²) >= 11 is 4.04. The van der Waals surface area contributed by atoms with Crippen molar-refractivity contribution in [3.05, 3.63) is 0 Å². The van der Waals surface area contributed by atoms with Crippen LogP contribution in [0.3, 0.4) is 0 Å². The summed E-state index contributed by atoms with van der Waals surface area (Å²) in [6, 6.07) is 1.26. The fourth-order valence-corrected chi connectivity index (χ4v) is 5.14. The molecular formula is C18H40N2S2. The van der Waals surface area contributed by atoms with E-state index in [9.17, 15) is 0 Å². The van der Waals surface area contributed by atoms with E-state index in [1.54, 1.807) is 0 Å². The molecule has 0 aromatic heterocycles. The molecule has 0 aliphatic carbocycles. The summed E-state index contributed by atoms with van der Waals surface area (Å²) in [5.41, 5.74) is 0.455. The topological polar surface area (TPSA) is 6.48 Å². The van der Waals surface area contributed by atoms with Crippen molar-refractivity contribution in [1.29, 1.82) is 0 Å². The van der Waals surface area contributed by atoms with Gasteiger partial charge in [0.25, 0.3) is 0 Å². The van der Waals surface area contributed by atoms with E-state index < -0.39 is 0 Å². The molecule has 0 aromatic carbocycles. The summed E-state index contributed by atoms with van der Waals surface area (Å²) in [4.78, 5) is 0. The van der Waals surface area contributed by atoms with Crippen LogP contribution in [0, 0.1) is 0 Å². The van der Waals surface area contributed by atoms with Crippen LogP contribution >= 0.6 is 23.9 Å². The van der Waals surface area contributed by atoms with Gasteiger partial charge < -0.3 is 0 Å². The lowest BCUT2D eigenvalue weighted by Crippen LogP contribution is -2.43. The predicted molar refractivity (Wildman–Crippen MR) is 108 cm³/mol. The highest BCUT2D eigenvalue weighted by Gasteiger charge is 2.28. The highest BCUT2D eigenvalue weighted by atomic mass is 32.2. The third-order valence-corrected chi connectivity index (χ3v) is 7.25. The Bertz CT molecular complexity index is 264.